The minimum absolute atomic E-state index is 0.127. The number of carboxylic acid groups (broad SMARTS) is 1. The van der Waals surface area contributed by atoms with Crippen LogP contribution >= 0.6 is 0 Å². The minimum Gasteiger partial charge on any atom is -0.481 e. The number of carboxylic acids is 1. The second kappa shape index (κ2) is 8.44. The Balaban J connectivity index is 2.41. The summed E-state index contributed by atoms with van der Waals surface area (Å²) in [4.78, 5) is 22.6. The first-order valence-corrected chi connectivity index (χ1v) is 7.50. The van der Waals surface area contributed by atoms with Crippen molar-refractivity contribution in [1.29, 1.82) is 0 Å². The molecule has 21 heavy (non-hydrogen) atoms. The topological polar surface area (TPSA) is 84.2 Å². The standard InChI is InChI=1S/C15H25N3O3/c1-4-11(6-7-14(19)20)8-9-16-15(21)13-10-12(5-2)17-18(13)3/h10-11H,4-9H2,1-3H3,(H,16,21)(H,19,20). The molecule has 6 heteroatoms. The Hall–Kier alpha value is -1.85. The molecule has 0 aromatic carbocycles. The van der Waals surface area contributed by atoms with Crippen LogP contribution in [0.3, 0.4) is 0 Å². The van der Waals surface area contributed by atoms with Crippen LogP contribution in [0.25, 0.3) is 0 Å². The monoisotopic (exact) mass is 295 g/mol. The molecule has 0 aliphatic rings. The van der Waals surface area contributed by atoms with Gasteiger partial charge in [-0.3, -0.25) is 14.3 Å². The number of carbonyl (C=O) groups excluding carboxylic acids is 1. The van der Waals surface area contributed by atoms with E-state index in [2.05, 4.69) is 10.4 Å². The zero-order valence-electron chi connectivity index (χ0n) is 13.1. The molecule has 1 rings (SSSR count). The van der Waals surface area contributed by atoms with Gasteiger partial charge in [0.25, 0.3) is 5.91 Å². The second-order valence-electron chi connectivity index (χ2n) is 5.25. The van der Waals surface area contributed by atoms with Crippen molar-refractivity contribution in [2.45, 2.75) is 46.0 Å². The Kier molecular flexibility index (Phi) is 6.91. The molecule has 6 nitrogen and oxygen atoms in total. The summed E-state index contributed by atoms with van der Waals surface area (Å²) in [5.74, 6) is -0.559. The quantitative estimate of drug-likeness (QED) is 0.729. The fourth-order valence-electron chi connectivity index (χ4n) is 2.27. The highest BCUT2D eigenvalue weighted by molar-refractivity contribution is 5.92. The summed E-state index contributed by atoms with van der Waals surface area (Å²) < 4.78 is 1.59. The van der Waals surface area contributed by atoms with Gasteiger partial charge in [0.15, 0.2) is 0 Å². The van der Waals surface area contributed by atoms with Crippen LogP contribution < -0.4 is 5.32 Å². The Morgan fingerprint density at radius 3 is 2.62 bits per heavy atom. The number of amides is 1. The van der Waals surface area contributed by atoms with Gasteiger partial charge in [-0.15, -0.1) is 0 Å². The van der Waals surface area contributed by atoms with E-state index in [-0.39, 0.29) is 12.3 Å². The van der Waals surface area contributed by atoms with E-state index in [1.807, 2.05) is 13.8 Å². The van der Waals surface area contributed by atoms with E-state index < -0.39 is 5.97 Å². The van der Waals surface area contributed by atoms with Crippen molar-refractivity contribution in [1.82, 2.24) is 15.1 Å². The summed E-state index contributed by atoms with van der Waals surface area (Å²) in [5, 5.41) is 15.8. The van der Waals surface area contributed by atoms with Crippen LogP contribution in [0.15, 0.2) is 6.07 Å². The number of aryl methyl sites for hydroxylation is 2. The molecular formula is C15H25N3O3. The highest BCUT2D eigenvalue weighted by atomic mass is 16.4. The van der Waals surface area contributed by atoms with E-state index in [1.165, 1.54) is 0 Å². The molecule has 0 bridgehead atoms. The van der Waals surface area contributed by atoms with Crippen LogP contribution in [-0.2, 0) is 18.3 Å². The van der Waals surface area contributed by atoms with Gasteiger partial charge >= 0.3 is 5.97 Å². The molecule has 0 saturated carbocycles. The third-order valence-electron chi connectivity index (χ3n) is 3.71. The number of hydrogen-bond acceptors (Lipinski definition) is 3. The van der Waals surface area contributed by atoms with E-state index in [1.54, 1.807) is 17.8 Å². The molecule has 1 heterocycles. The van der Waals surface area contributed by atoms with E-state index in [0.29, 0.717) is 24.6 Å². The molecule has 0 radical (unpaired) electrons. The van der Waals surface area contributed by atoms with E-state index in [4.69, 9.17) is 5.11 Å². The number of nitrogens with one attached hydrogen (secondary N) is 1. The minimum atomic E-state index is -0.764. The maximum absolute atomic E-state index is 12.1. The van der Waals surface area contributed by atoms with Crippen molar-refractivity contribution in [2.24, 2.45) is 13.0 Å². The van der Waals surface area contributed by atoms with Crippen molar-refractivity contribution in [3.63, 3.8) is 0 Å². The molecular weight excluding hydrogens is 270 g/mol. The Bertz CT molecular complexity index is 483. The number of nitrogens with zero attached hydrogens (tertiary/aromatic N) is 2. The lowest BCUT2D eigenvalue weighted by Crippen LogP contribution is -2.27. The Morgan fingerprint density at radius 1 is 1.38 bits per heavy atom. The normalized spacial score (nSPS) is 12.1. The summed E-state index contributed by atoms with van der Waals surface area (Å²) in [7, 11) is 1.76. The van der Waals surface area contributed by atoms with Crippen LogP contribution in [0.2, 0.25) is 0 Å². The van der Waals surface area contributed by atoms with Gasteiger partial charge in [-0.1, -0.05) is 20.3 Å². The van der Waals surface area contributed by atoms with Crippen LogP contribution in [0.4, 0.5) is 0 Å². The smallest absolute Gasteiger partial charge is 0.303 e. The number of aromatic nitrogens is 2. The summed E-state index contributed by atoms with van der Waals surface area (Å²) in [6.07, 6.45) is 3.37. The molecule has 1 amide bonds. The molecule has 1 unspecified atom stereocenters. The maximum Gasteiger partial charge on any atom is 0.303 e. The molecule has 1 aromatic heterocycles. The molecule has 0 fully saturated rings. The van der Waals surface area contributed by atoms with Crippen LogP contribution in [0, 0.1) is 5.92 Å². The van der Waals surface area contributed by atoms with Crippen molar-refractivity contribution < 1.29 is 14.7 Å². The summed E-state index contributed by atoms with van der Waals surface area (Å²) in [6.45, 7) is 4.60. The number of carbonyl (C=O) groups is 2. The van der Waals surface area contributed by atoms with Crippen LogP contribution in [0.1, 0.15) is 55.7 Å². The van der Waals surface area contributed by atoms with Crippen LogP contribution in [0.5, 0.6) is 0 Å². The average molecular weight is 295 g/mol. The molecule has 0 aliphatic heterocycles. The highest BCUT2D eigenvalue weighted by Crippen LogP contribution is 2.14. The SMILES string of the molecule is CCc1cc(C(=O)NCCC(CC)CCC(=O)O)n(C)n1. The summed E-state index contributed by atoms with van der Waals surface area (Å²) in [6, 6.07) is 1.80. The zero-order chi connectivity index (χ0) is 15.8. The van der Waals surface area contributed by atoms with Gasteiger partial charge in [0.1, 0.15) is 5.69 Å². The summed E-state index contributed by atoms with van der Waals surface area (Å²) >= 11 is 0. The zero-order valence-corrected chi connectivity index (χ0v) is 13.1. The van der Waals surface area contributed by atoms with Gasteiger partial charge in [0.2, 0.25) is 0 Å². The van der Waals surface area contributed by atoms with E-state index in [0.717, 1.165) is 25.0 Å². The fraction of sp³-hybridized carbons (Fsp3) is 0.667. The average Bonchev–Trinajstić information content (AvgIpc) is 2.83. The highest BCUT2D eigenvalue weighted by Gasteiger charge is 2.13. The molecule has 2 N–H and O–H groups in total. The predicted octanol–water partition coefficient (Wildman–Crippen LogP) is 1.99. The van der Waals surface area contributed by atoms with E-state index in [9.17, 15) is 9.59 Å². The molecule has 1 atom stereocenters. The molecule has 0 aliphatic carbocycles. The van der Waals surface area contributed by atoms with Crippen molar-refractivity contribution >= 4 is 11.9 Å². The first-order valence-electron chi connectivity index (χ1n) is 7.50. The molecule has 0 saturated heterocycles. The first kappa shape index (κ1) is 17.2. The number of aliphatic carboxylic acids is 1. The van der Waals surface area contributed by atoms with E-state index >= 15 is 0 Å². The van der Waals surface area contributed by atoms with Crippen molar-refractivity contribution in [3.8, 4) is 0 Å². The first-order chi connectivity index (χ1) is 9.97. The van der Waals surface area contributed by atoms with Gasteiger partial charge < -0.3 is 10.4 Å². The van der Waals surface area contributed by atoms with Gasteiger partial charge in [0, 0.05) is 20.0 Å². The largest absolute Gasteiger partial charge is 0.481 e. The lowest BCUT2D eigenvalue weighted by molar-refractivity contribution is -0.137. The number of rotatable bonds is 9. The van der Waals surface area contributed by atoms with Crippen molar-refractivity contribution in [3.05, 3.63) is 17.5 Å². The number of hydrogen-bond donors (Lipinski definition) is 2. The second-order valence-corrected chi connectivity index (χ2v) is 5.25. The third kappa shape index (κ3) is 5.57. The van der Waals surface area contributed by atoms with Crippen molar-refractivity contribution in [2.75, 3.05) is 6.54 Å². The summed E-state index contributed by atoms with van der Waals surface area (Å²) in [5.41, 5.74) is 1.46. The lowest BCUT2D eigenvalue weighted by Gasteiger charge is -2.14. The Morgan fingerprint density at radius 2 is 2.10 bits per heavy atom. The van der Waals surface area contributed by atoms with Gasteiger partial charge in [-0.25, -0.2) is 0 Å². The third-order valence-corrected chi connectivity index (χ3v) is 3.71. The molecule has 118 valence electrons. The van der Waals surface area contributed by atoms with Gasteiger partial charge in [-0.05, 0) is 31.2 Å². The van der Waals surface area contributed by atoms with Crippen LogP contribution in [-0.4, -0.2) is 33.3 Å². The molecule has 1 aromatic rings. The van der Waals surface area contributed by atoms with Gasteiger partial charge in [0.05, 0.1) is 5.69 Å². The maximum atomic E-state index is 12.1. The van der Waals surface area contributed by atoms with Gasteiger partial charge in [-0.2, -0.15) is 5.10 Å². The fourth-order valence-corrected chi connectivity index (χ4v) is 2.27. The molecule has 0 spiro atoms. The predicted molar refractivity (Wildman–Crippen MR) is 80.2 cm³/mol. The lowest BCUT2D eigenvalue weighted by atomic mass is 9.96. The Labute approximate surface area is 125 Å².